The molecule has 0 amide bonds. The van der Waals surface area contributed by atoms with E-state index >= 15 is 0 Å². The van der Waals surface area contributed by atoms with E-state index in [1.54, 1.807) is 0 Å². The zero-order chi connectivity index (χ0) is 11.4. The number of nitrogens with one attached hydrogen (secondary N) is 1. The highest BCUT2D eigenvalue weighted by molar-refractivity contribution is 4.74. The second kappa shape index (κ2) is 12.9. The first-order chi connectivity index (χ1) is 6.74. The Morgan fingerprint density at radius 3 is 2.07 bits per heavy atom. The van der Waals surface area contributed by atoms with Crippen molar-refractivity contribution in [2.75, 3.05) is 13.2 Å². The van der Waals surface area contributed by atoms with Crippen molar-refractivity contribution in [3.05, 3.63) is 0 Å². The van der Waals surface area contributed by atoms with Crippen molar-refractivity contribution >= 4 is 0 Å². The Balaban J connectivity index is 0. The van der Waals surface area contributed by atoms with Crippen molar-refractivity contribution in [2.24, 2.45) is 5.92 Å². The van der Waals surface area contributed by atoms with Crippen molar-refractivity contribution in [2.45, 2.75) is 59.9 Å². The van der Waals surface area contributed by atoms with Gasteiger partial charge in [-0.1, -0.05) is 41.0 Å². The zero-order valence-corrected chi connectivity index (χ0v) is 10.6. The summed E-state index contributed by atoms with van der Waals surface area (Å²) in [5.41, 5.74) is 0. The number of piperidine rings is 1. The Morgan fingerprint density at radius 1 is 1.29 bits per heavy atom. The van der Waals surface area contributed by atoms with Gasteiger partial charge in [0.2, 0.25) is 0 Å². The summed E-state index contributed by atoms with van der Waals surface area (Å²) in [4.78, 5) is 0. The van der Waals surface area contributed by atoms with Crippen LogP contribution in [0.15, 0.2) is 0 Å². The van der Waals surface area contributed by atoms with Gasteiger partial charge in [0, 0.05) is 6.04 Å². The number of aliphatic hydroxyl groups excluding tert-OH is 1. The molecule has 1 saturated heterocycles. The maximum atomic E-state index is 8.75. The van der Waals surface area contributed by atoms with E-state index in [9.17, 15) is 0 Å². The molecule has 88 valence electrons. The second-order valence-electron chi connectivity index (χ2n) is 3.67. The van der Waals surface area contributed by atoms with E-state index < -0.39 is 0 Å². The Kier molecular flexibility index (Phi) is 15.1. The molecular formula is C12H29NO. The number of aliphatic hydroxyl groups is 1. The molecule has 2 nitrogen and oxygen atoms in total. The summed E-state index contributed by atoms with van der Waals surface area (Å²) in [6.07, 6.45) is 3.65. The molecule has 0 aromatic heterocycles. The maximum absolute atomic E-state index is 8.75. The molecular weight excluding hydrogens is 174 g/mol. The first-order valence-electron chi connectivity index (χ1n) is 6.08. The summed E-state index contributed by atoms with van der Waals surface area (Å²) in [5, 5.41) is 12.0. The van der Waals surface area contributed by atoms with E-state index in [2.05, 4.69) is 26.1 Å². The van der Waals surface area contributed by atoms with Crippen LogP contribution in [0.1, 0.15) is 53.9 Å². The van der Waals surface area contributed by atoms with E-state index in [4.69, 9.17) is 5.11 Å². The van der Waals surface area contributed by atoms with Crippen LogP contribution in [0.2, 0.25) is 0 Å². The molecule has 2 N–H and O–H groups in total. The molecule has 0 spiro atoms. The SMILES string of the molecule is CC.CC1CCNC(CO)C1.CCC. The highest BCUT2D eigenvalue weighted by Crippen LogP contribution is 2.13. The summed E-state index contributed by atoms with van der Waals surface area (Å²) < 4.78 is 0. The molecule has 1 aliphatic heterocycles. The van der Waals surface area contributed by atoms with Crippen LogP contribution in [0.4, 0.5) is 0 Å². The smallest absolute Gasteiger partial charge is 0.0584 e. The average molecular weight is 203 g/mol. The summed E-state index contributed by atoms with van der Waals surface area (Å²) in [5.74, 6) is 0.795. The van der Waals surface area contributed by atoms with Gasteiger partial charge in [0.15, 0.2) is 0 Å². The summed E-state index contributed by atoms with van der Waals surface area (Å²) in [6.45, 7) is 11.9. The molecule has 1 fully saturated rings. The van der Waals surface area contributed by atoms with Crippen LogP contribution in [0.3, 0.4) is 0 Å². The van der Waals surface area contributed by atoms with Crippen LogP contribution in [0, 0.1) is 5.92 Å². The van der Waals surface area contributed by atoms with Crippen LogP contribution in [-0.4, -0.2) is 24.3 Å². The minimum atomic E-state index is 0.296. The lowest BCUT2D eigenvalue weighted by Crippen LogP contribution is -2.39. The Hall–Kier alpha value is -0.0800. The fraction of sp³-hybridized carbons (Fsp3) is 1.00. The zero-order valence-electron chi connectivity index (χ0n) is 10.6. The van der Waals surface area contributed by atoms with Gasteiger partial charge in [-0.05, 0) is 25.3 Å². The molecule has 0 saturated carbocycles. The summed E-state index contributed by atoms with van der Waals surface area (Å²) >= 11 is 0. The fourth-order valence-electron chi connectivity index (χ4n) is 1.36. The maximum Gasteiger partial charge on any atom is 0.0584 e. The number of hydrogen-bond acceptors (Lipinski definition) is 2. The van der Waals surface area contributed by atoms with Gasteiger partial charge < -0.3 is 10.4 Å². The van der Waals surface area contributed by atoms with Crippen LogP contribution in [0.5, 0.6) is 0 Å². The molecule has 2 heteroatoms. The number of rotatable bonds is 1. The lowest BCUT2D eigenvalue weighted by atomic mass is 9.95. The van der Waals surface area contributed by atoms with Gasteiger partial charge in [-0.15, -0.1) is 0 Å². The van der Waals surface area contributed by atoms with Crippen molar-refractivity contribution in [3.63, 3.8) is 0 Å². The average Bonchev–Trinajstić information content (AvgIpc) is 2.22. The molecule has 1 aliphatic rings. The number of hydrogen-bond donors (Lipinski definition) is 2. The van der Waals surface area contributed by atoms with E-state index in [1.807, 2.05) is 13.8 Å². The van der Waals surface area contributed by atoms with Gasteiger partial charge in [0.05, 0.1) is 6.61 Å². The van der Waals surface area contributed by atoms with Crippen LogP contribution >= 0.6 is 0 Å². The van der Waals surface area contributed by atoms with Crippen molar-refractivity contribution in [1.29, 1.82) is 0 Å². The molecule has 14 heavy (non-hydrogen) atoms. The summed E-state index contributed by atoms with van der Waals surface area (Å²) in [7, 11) is 0. The molecule has 1 rings (SSSR count). The fourth-order valence-corrected chi connectivity index (χ4v) is 1.36. The molecule has 0 bridgehead atoms. The van der Waals surface area contributed by atoms with Crippen molar-refractivity contribution in [1.82, 2.24) is 5.32 Å². The normalized spacial score (nSPS) is 25.3. The lowest BCUT2D eigenvalue weighted by Gasteiger charge is -2.26. The van der Waals surface area contributed by atoms with E-state index in [-0.39, 0.29) is 0 Å². The van der Waals surface area contributed by atoms with E-state index in [1.165, 1.54) is 12.8 Å². The predicted octanol–water partition coefficient (Wildman–Crippen LogP) is 2.81. The standard InChI is InChI=1S/C7H15NO.C3H8.C2H6/c1-6-2-3-8-7(4-6)5-9;1-3-2;1-2/h6-9H,2-5H2,1H3;3H2,1-2H3;1-2H3. The quantitative estimate of drug-likeness (QED) is 0.687. The van der Waals surface area contributed by atoms with Gasteiger partial charge in [-0.3, -0.25) is 0 Å². The Bertz CT molecular complexity index is 96.3. The third kappa shape index (κ3) is 10.0. The largest absolute Gasteiger partial charge is 0.395 e. The van der Waals surface area contributed by atoms with Crippen molar-refractivity contribution < 1.29 is 5.11 Å². The van der Waals surface area contributed by atoms with Crippen LogP contribution in [0.25, 0.3) is 0 Å². The predicted molar refractivity (Wildman–Crippen MR) is 64.6 cm³/mol. The molecule has 0 aromatic rings. The van der Waals surface area contributed by atoms with Gasteiger partial charge in [0.25, 0.3) is 0 Å². The minimum absolute atomic E-state index is 0.296. The third-order valence-electron chi connectivity index (χ3n) is 1.98. The van der Waals surface area contributed by atoms with Crippen LogP contribution in [-0.2, 0) is 0 Å². The Labute approximate surface area is 90.1 Å². The second-order valence-corrected chi connectivity index (χ2v) is 3.67. The summed E-state index contributed by atoms with van der Waals surface area (Å²) in [6, 6.07) is 0.369. The minimum Gasteiger partial charge on any atom is -0.395 e. The first kappa shape index (κ1) is 16.4. The monoisotopic (exact) mass is 203 g/mol. The lowest BCUT2D eigenvalue weighted by molar-refractivity contribution is 0.198. The molecule has 2 unspecified atom stereocenters. The van der Waals surface area contributed by atoms with E-state index in [0.29, 0.717) is 12.6 Å². The molecule has 1 heterocycles. The van der Waals surface area contributed by atoms with Gasteiger partial charge >= 0.3 is 0 Å². The third-order valence-corrected chi connectivity index (χ3v) is 1.98. The van der Waals surface area contributed by atoms with Gasteiger partial charge in [-0.25, -0.2) is 0 Å². The van der Waals surface area contributed by atoms with Gasteiger partial charge in [-0.2, -0.15) is 0 Å². The topological polar surface area (TPSA) is 32.3 Å². The molecule has 0 radical (unpaired) electrons. The Morgan fingerprint density at radius 2 is 1.79 bits per heavy atom. The van der Waals surface area contributed by atoms with Crippen molar-refractivity contribution in [3.8, 4) is 0 Å². The highest BCUT2D eigenvalue weighted by Gasteiger charge is 2.16. The van der Waals surface area contributed by atoms with E-state index in [0.717, 1.165) is 18.9 Å². The molecule has 0 aromatic carbocycles. The van der Waals surface area contributed by atoms with Crippen LogP contribution < -0.4 is 5.32 Å². The molecule has 2 atom stereocenters. The first-order valence-corrected chi connectivity index (χ1v) is 6.08. The highest BCUT2D eigenvalue weighted by atomic mass is 16.3. The van der Waals surface area contributed by atoms with Gasteiger partial charge in [0.1, 0.15) is 0 Å². The molecule has 0 aliphatic carbocycles.